The number of anilines is 1. The molecule has 8 nitrogen and oxygen atoms in total. The largest absolute Gasteiger partial charge is 0.465 e. The number of carbonyl (C=O) groups excluding carboxylic acids is 2. The summed E-state index contributed by atoms with van der Waals surface area (Å²) in [7, 11) is 1.36. The van der Waals surface area contributed by atoms with Gasteiger partial charge < -0.3 is 23.8 Å². The lowest BCUT2D eigenvalue weighted by atomic mass is 10.0. The highest BCUT2D eigenvalue weighted by Gasteiger charge is 2.30. The van der Waals surface area contributed by atoms with Crippen LogP contribution >= 0.6 is 0 Å². The van der Waals surface area contributed by atoms with Crippen LogP contribution in [0.25, 0.3) is 11.1 Å². The number of fused-ring (bicyclic) bond motifs is 1. The van der Waals surface area contributed by atoms with E-state index in [1.54, 1.807) is 17.0 Å². The van der Waals surface area contributed by atoms with Crippen molar-refractivity contribution in [3.63, 3.8) is 0 Å². The number of amides is 2. The van der Waals surface area contributed by atoms with E-state index in [0.29, 0.717) is 30.9 Å². The fraction of sp³-hybridized carbons (Fsp3) is 0.310. The first-order valence-corrected chi connectivity index (χ1v) is 12.3. The van der Waals surface area contributed by atoms with Crippen LogP contribution in [0.15, 0.2) is 66.7 Å². The van der Waals surface area contributed by atoms with Crippen molar-refractivity contribution in [2.24, 2.45) is 0 Å². The molecule has 0 saturated carbocycles. The van der Waals surface area contributed by atoms with E-state index in [2.05, 4.69) is 0 Å². The van der Waals surface area contributed by atoms with Crippen LogP contribution in [-0.2, 0) is 16.0 Å². The number of morpholine rings is 1. The maximum atomic E-state index is 13.9. The average Bonchev–Trinajstić information content (AvgIpc) is 3.39. The summed E-state index contributed by atoms with van der Waals surface area (Å²) in [4.78, 5) is 29.4. The van der Waals surface area contributed by atoms with E-state index < -0.39 is 5.97 Å². The molecule has 1 fully saturated rings. The molecule has 192 valence electrons. The van der Waals surface area contributed by atoms with Crippen LogP contribution in [0.5, 0.6) is 11.5 Å². The Morgan fingerprint density at radius 2 is 1.62 bits per heavy atom. The van der Waals surface area contributed by atoms with Crippen LogP contribution in [0.1, 0.15) is 29.8 Å². The lowest BCUT2D eigenvalue weighted by Gasteiger charge is -2.38. The molecule has 37 heavy (non-hydrogen) atoms. The van der Waals surface area contributed by atoms with Gasteiger partial charge in [0.15, 0.2) is 11.5 Å². The van der Waals surface area contributed by atoms with Gasteiger partial charge in [-0.15, -0.1) is 0 Å². The van der Waals surface area contributed by atoms with Crippen LogP contribution < -0.4 is 14.4 Å². The Morgan fingerprint density at radius 3 is 2.35 bits per heavy atom. The molecule has 2 heterocycles. The topological polar surface area (TPSA) is 77.5 Å². The van der Waals surface area contributed by atoms with Crippen molar-refractivity contribution in [1.29, 1.82) is 0 Å². The van der Waals surface area contributed by atoms with Gasteiger partial charge in [-0.3, -0.25) is 4.90 Å². The molecule has 0 spiro atoms. The van der Waals surface area contributed by atoms with Gasteiger partial charge in [0.1, 0.15) is 0 Å². The molecule has 2 aliphatic heterocycles. The van der Waals surface area contributed by atoms with E-state index in [1.807, 2.05) is 73.3 Å². The molecule has 3 aromatic carbocycles. The zero-order valence-electron chi connectivity index (χ0n) is 21.2. The van der Waals surface area contributed by atoms with Gasteiger partial charge in [0.25, 0.3) is 0 Å². The first-order valence-electron chi connectivity index (χ1n) is 12.3. The third kappa shape index (κ3) is 5.39. The molecule has 2 amide bonds. The quantitative estimate of drug-likeness (QED) is 0.452. The van der Waals surface area contributed by atoms with Gasteiger partial charge in [0.05, 0.1) is 31.4 Å². The van der Waals surface area contributed by atoms with Crippen molar-refractivity contribution in [3.05, 3.63) is 77.9 Å². The zero-order chi connectivity index (χ0) is 25.9. The number of ether oxygens (including phenoxy) is 4. The third-order valence-electron chi connectivity index (χ3n) is 6.50. The Morgan fingerprint density at radius 1 is 0.919 bits per heavy atom. The molecule has 8 heteroatoms. The van der Waals surface area contributed by atoms with Crippen molar-refractivity contribution in [2.75, 3.05) is 31.9 Å². The third-order valence-corrected chi connectivity index (χ3v) is 6.50. The molecule has 5 rings (SSSR count). The predicted molar refractivity (Wildman–Crippen MR) is 139 cm³/mol. The van der Waals surface area contributed by atoms with Gasteiger partial charge >= 0.3 is 12.0 Å². The predicted octanol–water partition coefficient (Wildman–Crippen LogP) is 5.10. The number of carbonyl (C=O) groups is 2. The number of hydrogen-bond acceptors (Lipinski definition) is 6. The monoisotopic (exact) mass is 502 g/mol. The summed E-state index contributed by atoms with van der Waals surface area (Å²) in [5.74, 6) is 1.03. The molecule has 1 saturated heterocycles. The van der Waals surface area contributed by atoms with Gasteiger partial charge in [0.2, 0.25) is 6.79 Å². The highest BCUT2D eigenvalue weighted by Crippen LogP contribution is 2.37. The van der Waals surface area contributed by atoms with E-state index in [-0.39, 0.29) is 25.0 Å². The molecule has 2 atom stereocenters. The van der Waals surface area contributed by atoms with Gasteiger partial charge in [-0.2, -0.15) is 0 Å². The Kier molecular flexibility index (Phi) is 7.01. The van der Waals surface area contributed by atoms with E-state index in [9.17, 15) is 9.59 Å². The van der Waals surface area contributed by atoms with Crippen LogP contribution in [0.2, 0.25) is 0 Å². The molecular weight excluding hydrogens is 472 g/mol. The number of benzene rings is 3. The Hall–Kier alpha value is -4.04. The number of hydrogen-bond donors (Lipinski definition) is 0. The summed E-state index contributed by atoms with van der Waals surface area (Å²) in [6.07, 6.45) is -0.0947. The number of rotatable bonds is 5. The number of urea groups is 1. The highest BCUT2D eigenvalue weighted by molar-refractivity contribution is 5.93. The fourth-order valence-corrected chi connectivity index (χ4v) is 4.75. The van der Waals surface area contributed by atoms with Gasteiger partial charge in [-0.25, -0.2) is 9.59 Å². The molecule has 0 aromatic heterocycles. The normalized spacial score (nSPS) is 18.4. The van der Waals surface area contributed by atoms with Crippen molar-refractivity contribution in [3.8, 4) is 22.6 Å². The van der Waals surface area contributed by atoms with E-state index in [1.165, 1.54) is 7.11 Å². The zero-order valence-corrected chi connectivity index (χ0v) is 21.2. The SMILES string of the molecule is COC(=O)c1ccc(CN(C(=O)N2CC(C)OC(C)C2)c2cccc(-c3ccc4c(c3)OCO4)c2)cc1. The van der Waals surface area contributed by atoms with E-state index in [0.717, 1.165) is 28.1 Å². The van der Waals surface area contributed by atoms with Crippen molar-refractivity contribution < 1.29 is 28.5 Å². The number of methoxy groups -OCH3 is 1. The van der Waals surface area contributed by atoms with E-state index in [4.69, 9.17) is 18.9 Å². The fourth-order valence-electron chi connectivity index (χ4n) is 4.75. The van der Waals surface area contributed by atoms with Gasteiger partial charge in [0, 0.05) is 18.8 Å². The maximum Gasteiger partial charge on any atom is 0.337 e. The molecule has 0 aliphatic carbocycles. The van der Waals surface area contributed by atoms with E-state index >= 15 is 0 Å². The second kappa shape index (κ2) is 10.5. The van der Waals surface area contributed by atoms with Crippen molar-refractivity contribution in [1.82, 2.24) is 4.90 Å². The summed E-state index contributed by atoms with van der Waals surface area (Å²) in [6.45, 7) is 5.54. The maximum absolute atomic E-state index is 13.9. The minimum atomic E-state index is -0.396. The Labute approximate surface area is 216 Å². The molecule has 0 radical (unpaired) electrons. The highest BCUT2D eigenvalue weighted by atomic mass is 16.7. The lowest BCUT2D eigenvalue weighted by Crippen LogP contribution is -2.52. The second-order valence-corrected chi connectivity index (χ2v) is 9.34. The molecule has 3 aromatic rings. The Balaban J connectivity index is 1.47. The van der Waals surface area contributed by atoms with Crippen molar-refractivity contribution in [2.45, 2.75) is 32.6 Å². The second-order valence-electron chi connectivity index (χ2n) is 9.34. The molecule has 2 unspecified atom stereocenters. The summed E-state index contributed by atoms with van der Waals surface area (Å²) in [5.41, 5.74) is 4.05. The van der Waals surface area contributed by atoms with Crippen LogP contribution in [0, 0.1) is 0 Å². The smallest absolute Gasteiger partial charge is 0.337 e. The molecule has 0 bridgehead atoms. The summed E-state index contributed by atoms with van der Waals surface area (Å²) in [5, 5.41) is 0. The number of esters is 1. The summed E-state index contributed by atoms with van der Waals surface area (Å²) in [6, 6.07) is 20.7. The standard InChI is InChI=1S/C29H30N2O6/c1-19-15-30(16-20(2)37-19)29(33)31(17-21-7-9-22(10-8-21)28(32)34-3)25-6-4-5-23(13-25)24-11-12-26-27(14-24)36-18-35-26/h4-14,19-20H,15-18H2,1-3H3. The molecular formula is C29H30N2O6. The first kappa shape index (κ1) is 24.6. The van der Waals surface area contributed by atoms with Crippen LogP contribution in [0.4, 0.5) is 10.5 Å². The summed E-state index contributed by atoms with van der Waals surface area (Å²) >= 11 is 0. The van der Waals surface area contributed by atoms with Crippen molar-refractivity contribution >= 4 is 17.7 Å². The van der Waals surface area contributed by atoms with Gasteiger partial charge in [-0.05, 0) is 66.9 Å². The number of nitrogens with zero attached hydrogens (tertiary/aromatic N) is 2. The lowest BCUT2D eigenvalue weighted by molar-refractivity contribution is -0.0537. The minimum absolute atomic E-state index is 0.0474. The van der Waals surface area contributed by atoms with Gasteiger partial charge in [-0.1, -0.05) is 30.3 Å². The molecule has 2 aliphatic rings. The first-order chi connectivity index (χ1) is 17.9. The summed E-state index contributed by atoms with van der Waals surface area (Å²) < 4.78 is 21.7. The van der Waals surface area contributed by atoms with Crippen LogP contribution in [0.3, 0.4) is 0 Å². The average molecular weight is 503 g/mol. The molecule has 0 N–H and O–H groups in total. The minimum Gasteiger partial charge on any atom is -0.465 e. The van der Waals surface area contributed by atoms with Crippen LogP contribution in [-0.4, -0.2) is 56.1 Å². The Bertz CT molecular complexity index is 1280.